The molecule has 1 atom stereocenters. The molecule has 0 saturated carbocycles. The van der Waals surface area contributed by atoms with Crippen LogP contribution in [0.4, 0.5) is 5.69 Å². The first-order chi connectivity index (χ1) is 8.49. The van der Waals surface area contributed by atoms with E-state index in [4.69, 9.17) is 11.5 Å². The molecule has 96 valence electrons. The molecular formula is C13H18N4O. The van der Waals surface area contributed by atoms with Crippen LogP contribution in [0.1, 0.15) is 23.6 Å². The van der Waals surface area contributed by atoms with Gasteiger partial charge in [-0.2, -0.15) is 0 Å². The highest BCUT2D eigenvalue weighted by Crippen LogP contribution is 2.27. The Balaban J connectivity index is 2.47. The molecule has 1 heterocycles. The van der Waals surface area contributed by atoms with Gasteiger partial charge in [-0.3, -0.25) is 0 Å². The van der Waals surface area contributed by atoms with E-state index in [0.29, 0.717) is 11.3 Å². The molecule has 0 aliphatic carbocycles. The highest BCUT2D eigenvalue weighted by atomic mass is 16.3. The summed E-state index contributed by atoms with van der Waals surface area (Å²) in [7, 11) is 2.01. The number of nitrogens with two attached hydrogens (primary N) is 2. The van der Waals surface area contributed by atoms with Crippen molar-refractivity contribution in [3.05, 3.63) is 35.0 Å². The number of hydrogen-bond acceptors (Lipinski definition) is 4. The first kappa shape index (κ1) is 12.4. The second-order valence-electron chi connectivity index (χ2n) is 4.48. The van der Waals surface area contributed by atoms with Crippen molar-refractivity contribution in [2.24, 2.45) is 10.7 Å². The van der Waals surface area contributed by atoms with E-state index in [1.165, 1.54) is 0 Å². The lowest BCUT2D eigenvalue weighted by Gasteiger charge is -2.23. The second kappa shape index (κ2) is 4.70. The maximum atomic E-state index is 9.22. The molecule has 2 rings (SSSR count). The molecule has 1 aromatic rings. The van der Waals surface area contributed by atoms with Crippen molar-refractivity contribution >= 4 is 17.6 Å². The summed E-state index contributed by atoms with van der Waals surface area (Å²) in [5.41, 5.74) is 15.4. The summed E-state index contributed by atoms with van der Waals surface area (Å²) in [6.07, 6.45) is 3.11. The first-order valence-electron chi connectivity index (χ1n) is 5.80. The average Bonchev–Trinajstić information content (AvgIpc) is 2.27. The van der Waals surface area contributed by atoms with Crippen LogP contribution in [0.2, 0.25) is 0 Å². The lowest BCUT2D eigenvalue weighted by molar-refractivity contribution is 0.205. The molecule has 1 unspecified atom stereocenters. The van der Waals surface area contributed by atoms with Crippen LogP contribution >= 0.6 is 0 Å². The van der Waals surface area contributed by atoms with Gasteiger partial charge in [0, 0.05) is 24.7 Å². The molecule has 1 aliphatic rings. The van der Waals surface area contributed by atoms with Crippen molar-refractivity contribution in [2.45, 2.75) is 19.7 Å². The van der Waals surface area contributed by atoms with E-state index < -0.39 is 6.23 Å². The third-order valence-corrected chi connectivity index (χ3v) is 2.89. The zero-order valence-corrected chi connectivity index (χ0v) is 10.6. The largest absolute Gasteiger partial charge is 0.398 e. The summed E-state index contributed by atoms with van der Waals surface area (Å²) < 4.78 is 0. The smallest absolute Gasteiger partial charge is 0.144 e. The Morgan fingerprint density at radius 1 is 1.50 bits per heavy atom. The van der Waals surface area contributed by atoms with Crippen molar-refractivity contribution in [3.63, 3.8) is 0 Å². The third kappa shape index (κ3) is 2.31. The van der Waals surface area contributed by atoms with E-state index >= 15 is 0 Å². The third-order valence-electron chi connectivity index (χ3n) is 2.89. The lowest BCUT2D eigenvalue weighted by atomic mass is 9.98. The molecule has 1 aliphatic heterocycles. The zero-order chi connectivity index (χ0) is 13.3. The van der Waals surface area contributed by atoms with Gasteiger partial charge in [-0.15, -0.1) is 0 Å². The van der Waals surface area contributed by atoms with Crippen LogP contribution in [0.3, 0.4) is 0 Å². The van der Waals surface area contributed by atoms with Crippen LogP contribution in [-0.4, -0.2) is 29.1 Å². The van der Waals surface area contributed by atoms with Crippen LogP contribution < -0.4 is 11.5 Å². The fraction of sp³-hybridized carbons (Fsp3) is 0.308. The molecule has 0 bridgehead atoms. The number of aliphatic imine (C=N–C) groups is 1. The molecule has 0 aromatic heterocycles. The van der Waals surface area contributed by atoms with E-state index in [2.05, 4.69) is 9.89 Å². The Bertz CT molecular complexity index is 520. The highest BCUT2D eigenvalue weighted by molar-refractivity contribution is 6.03. The van der Waals surface area contributed by atoms with Crippen LogP contribution in [0, 0.1) is 0 Å². The number of fused-ring (bicyclic) bond motifs is 1. The van der Waals surface area contributed by atoms with Gasteiger partial charge in [-0.05, 0) is 30.8 Å². The van der Waals surface area contributed by atoms with E-state index in [9.17, 15) is 5.11 Å². The first-order valence-corrected chi connectivity index (χ1v) is 5.80. The van der Waals surface area contributed by atoms with E-state index in [1.807, 2.05) is 31.5 Å². The van der Waals surface area contributed by atoms with Gasteiger partial charge in [0.1, 0.15) is 12.1 Å². The Labute approximate surface area is 106 Å². The van der Waals surface area contributed by atoms with Crippen LogP contribution in [0.15, 0.2) is 23.3 Å². The summed E-state index contributed by atoms with van der Waals surface area (Å²) in [5, 5.41) is 9.22. The number of benzene rings is 1. The van der Waals surface area contributed by atoms with Crippen molar-refractivity contribution in [3.8, 4) is 0 Å². The van der Waals surface area contributed by atoms with Gasteiger partial charge in [0.2, 0.25) is 0 Å². The fourth-order valence-corrected chi connectivity index (χ4v) is 2.03. The van der Waals surface area contributed by atoms with Crippen molar-refractivity contribution in [1.82, 2.24) is 4.90 Å². The SMILES string of the molecule is CC(O)N=C(N)c1ccc2c(c1N)C=CN(C)C2. The minimum absolute atomic E-state index is 0.262. The second-order valence-corrected chi connectivity index (χ2v) is 4.48. The fourth-order valence-electron chi connectivity index (χ4n) is 2.03. The minimum Gasteiger partial charge on any atom is -0.398 e. The van der Waals surface area contributed by atoms with Crippen LogP contribution in [0.25, 0.3) is 6.08 Å². The monoisotopic (exact) mass is 246 g/mol. The highest BCUT2D eigenvalue weighted by Gasteiger charge is 2.15. The summed E-state index contributed by atoms with van der Waals surface area (Å²) >= 11 is 0. The Hall–Kier alpha value is -2.01. The Morgan fingerprint density at radius 2 is 2.22 bits per heavy atom. The molecule has 0 amide bonds. The molecule has 1 aromatic carbocycles. The molecule has 5 N–H and O–H groups in total. The number of amidine groups is 1. The van der Waals surface area contributed by atoms with E-state index in [1.54, 1.807) is 6.92 Å². The topological polar surface area (TPSA) is 87.9 Å². The predicted octanol–water partition coefficient (Wildman–Crippen LogP) is 0.728. The predicted molar refractivity (Wildman–Crippen MR) is 73.8 cm³/mol. The number of nitrogens with zero attached hydrogens (tertiary/aromatic N) is 2. The van der Waals surface area contributed by atoms with Gasteiger partial charge in [0.25, 0.3) is 0 Å². The summed E-state index contributed by atoms with van der Waals surface area (Å²) in [6.45, 7) is 2.38. The summed E-state index contributed by atoms with van der Waals surface area (Å²) in [6, 6.07) is 3.84. The van der Waals surface area contributed by atoms with Gasteiger partial charge in [-0.25, -0.2) is 4.99 Å². The quantitative estimate of drug-likeness (QED) is 0.408. The van der Waals surface area contributed by atoms with Crippen molar-refractivity contribution in [2.75, 3.05) is 12.8 Å². The molecular weight excluding hydrogens is 228 g/mol. The number of rotatable bonds is 2. The Kier molecular flexibility index (Phi) is 3.25. The number of aliphatic hydroxyl groups excluding tert-OH is 1. The van der Waals surface area contributed by atoms with E-state index in [-0.39, 0.29) is 5.84 Å². The number of aliphatic hydroxyl groups is 1. The number of hydrogen-bond donors (Lipinski definition) is 3. The maximum Gasteiger partial charge on any atom is 0.144 e. The molecule has 0 radical (unpaired) electrons. The van der Waals surface area contributed by atoms with Gasteiger partial charge in [0.15, 0.2) is 0 Å². The van der Waals surface area contributed by atoms with Gasteiger partial charge >= 0.3 is 0 Å². The van der Waals surface area contributed by atoms with Crippen molar-refractivity contribution in [1.29, 1.82) is 0 Å². The van der Waals surface area contributed by atoms with Gasteiger partial charge in [-0.1, -0.05) is 6.07 Å². The maximum absolute atomic E-state index is 9.22. The van der Waals surface area contributed by atoms with Crippen LogP contribution in [0.5, 0.6) is 0 Å². The standard InChI is InChI=1S/C13H18N4O/c1-8(18)16-13(15)11-4-3-9-7-17(2)6-5-10(9)12(11)14/h3-6,8,18H,7,14H2,1-2H3,(H2,15,16). The molecule has 18 heavy (non-hydrogen) atoms. The molecule has 0 saturated heterocycles. The van der Waals surface area contributed by atoms with E-state index in [0.717, 1.165) is 17.7 Å². The lowest BCUT2D eigenvalue weighted by Crippen LogP contribution is -2.21. The van der Waals surface area contributed by atoms with Gasteiger partial charge in [0.05, 0.1) is 5.69 Å². The van der Waals surface area contributed by atoms with Crippen molar-refractivity contribution < 1.29 is 5.11 Å². The number of nitrogen functional groups attached to an aromatic ring is 1. The van der Waals surface area contributed by atoms with Crippen LogP contribution in [-0.2, 0) is 6.54 Å². The zero-order valence-electron chi connectivity index (χ0n) is 10.6. The Morgan fingerprint density at radius 3 is 2.89 bits per heavy atom. The summed E-state index contributed by atoms with van der Waals surface area (Å²) in [5.74, 6) is 0.262. The molecule has 0 fully saturated rings. The summed E-state index contributed by atoms with van der Waals surface area (Å²) in [4.78, 5) is 5.99. The molecule has 0 spiro atoms. The molecule has 5 heteroatoms. The normalized spacial score (nSPS) is 16.6. The van der Waals surface area contributed by atoms with Gasteiger partial charge < -0.3 is 21.5 Å². The molecule has 5 nitrogen and oxygen atoms in total. The minimum atomic E-state index is -0.831. The average molecular weight is 246 g/mol. The number of anilines is 1.